The van der Waals surface area contributed by atoms with Crippen molar-refractivity contribution in [2.24, 2.45) is 0 Å². The van der Waals surface area contributed by atoms with Gasteiger partial charge in [0.1, 0.15) is 0 Å². The van der Waals surface area contributed by atoms with Gasteiger partial charge in [-0.25, -0.2) is 0 Å². The van der Waals surface area contributed by atoms with E-state index in [1.807, 2.05) is 38.2 Å². The molecule has 92 valence electrons. The first-order valence-corrected chi connectivity index (χ1v) is 6.08. The van der Waals surface area contributed by atoms with Crippen LogP contribution in [0, 0.1) is 0 Å². The largest absolute Gasteiger partial charge is 0.261 e. The number of nitrogens with zero attached hydrogens (tertiary/aromatic N) is 1. The quantitative estimate of drug-likeness (QED) is 0.606. The molecule has 1 aromatic heterocycles. The smallest absolute Gasteiger partial charge is 0.0400 e. The summed E-state index contributed by atoms with van der Waals surface area (Å²) >= 11 is 0. The maximum atomic E-state index is 4.10. The van der Waals surface area contributed by atoms with Gasteiger partial charge in [-0.05, 0) is 46.2 Å². The van der Waals surface area contributed by atoms with Crippen LogP contribution in [0.3, 0.4) is 0 Å². The normalized spacial score (nSPS) is 7.94. The Morgan fingerprint density at radius 3 is 1.69 bits per heavy atom. The van der Waals surface area contributed by atoms with Gasteiger partial charge in [0.2, 0.25) is 0 Å². The highest BCUT2D eigenvalue weighted by Crippen LogP contribution is 1.97. The summed E-state index contributed by atoms with van der Waals surface area (Å²) in [7, 11) is 0. The summed E-state index contributed by atoms with van der Waals surface area (Å²) in [5.74, 6) is 0. The van der Waals surface area contributed by atoms with Crippen LogP contribution < -0.4 is 0 Å². The fourth-order valence-electron chi connectivity index (χ4n) is 0.607. The molecule has 0 aliphatic carbocycles. The van der Waals surface area contributed by atoms with Crippen molar-refractivity contribution in [1.29, 1.82) is 0 Å². The number of hydrogen-bond acceptors (Lipinski definition) is 1. The Kier molecular flexibility index (Phi) is 12.9. The monoisotopic (exact) mass is 221 g/mol. The van der Waals surface area contributed by atoms with Gasteiger partial charge in [-0.15, -0.1) is 0 Å². The van der Waals surface area contributed by atoms with Crippen molar-refractivity contribution in [2.45, 2.75) is 54.9 Å². The lowest BCUT2D eigenvalue weighted by atomic mass is 10.2. The molecule has 0 saturated heterocycles. The number of rotatable bonds is 1. The lowest BCUT2D eigenvalue weighted by molar-refractivity contribution is 1.04. The van der Waals surface area contributed by atoms with Crippen molar-refractivity contribution in [1.82, 2.24) is 4.98 Å². The first-order chi connectivity index (χ1) is 7.57. The Bertz CT molecular complexity index is 255. The molecule has 0 amide bonds. The zero-order chi connectivity index (χ0) is 13.0. The highest BCUT2D eigenvalue weighted by atomic mass is 14.6. The molecule has 0 radical (unpaired) electrons. The van der Waals surface area contributed by atoms with Gasteiger partial charge in [-0.3, -0.25) is 4.98 Å². The maximum Gasteiger partial charge on any atom is 0.0400 e. The molecule has 0 saturated carbocycles. The van der Waals surface area contributed by atoms with E-state index in [2.05, 4.69) is 39.6 Å². The van der Waals surface area contributed by atoms with Gasteiger partial charge in [0.25, 0.3) is 0 Å². The molecule has 1 aromatic rings. The minimum absolute atomic E-state index is 1.03. The fraction of sp³-hybridized carbons (Fsp3) is 0.533. The lowest BCUT2D eigenvalue weighted by Gasteiger charge is -1.88. The molecule has 1 rings (SSSR count). The fourth-order valence-corrected chi connectivity index (χ4v) is 0.607. The van der Waals surface area contributed by atoms with Crippen molar-refractivity contribution >= 4 is 0 Å². The predicted octanol–water partition coefficient (Wildman–Crippen LogP) is 5.03. The van der Waals surface area contributed by atoms with Crippen molar-refractivity contribution < 1.29 is 0 Å². The number of pyridine rings is 1. The average molecular weight is 221 g/mol. The van der Waals surface area contributed by atoms with Gasteiger partial charge >= 0.3 is 0 Å². The summed E-state index contributed by atoms with van der Waals surface area (Å²) in [5.41, 5.74) is 4.01. The van der Waals surface area contributed by atoms with Crippen LogP contribution in [0.5, 0.6) is 0 Å². The molecule has 0 atom stereocenters. The van der Waals surface area contributed by atoms with Crippen LogP contribution in [0.1, 0.15) is 54.2 Å². The summed E-state index contributed by atoms with van der Waals surface area (Å²) in [6.45, 7) is 14.6. The predicted molar refractivity (Wildman–Crippen MR) is 74.7 cm³/mol. The summed E-state index contributed by atoms with van der Waals surface area (Å²) in [5, 5.41) is 0. The second-order valence-corrected chi connectivity index (χ2v) is 3.67. The molecule has 0 aromatic carbocycles. The SMILES string of the molecule is CC.CC(C)=C(C)C.CCc1ccccn1. The molecule has 0 spiro atoms. The minimum atomic E-state index is 1.03. The Morgan fingerprint density at radius 2 is 1.50 bits per heavy atom. The van der Waals surface area contributed by atoms with Gasteiger partial charge in [-0.1, -0.05) is 38.0 Å². The van der Waals surface area contributed by atoms with Crippen LogP contribution in [-0.4, -0.2) is 4.98 Å². The standard InChI is InChI=1S/C7H9N.C6H12.C2H6/c1-2-7-5-3-4-6-8-7;1-5(2)6(3)4;1-2/h3-6H,2H2,1H3;1-4H3;1-2H3. The first-order valence-electron chi connectivity index (χ1n) is 6.08. The van der Waals surface area contributed by atoms with Gasteiger partial charge < -0.3 is 0 Å². The molecule has 1 nitrogen and oxygen atoms in total. The summed E-state index contributed by atoms with van der Waals surface area (Å²) in [4.78, 5) is 4.10. The molecule has 1 heteroatoms. The van der Waals surface area contributed by atoms with Gasteiger partial charge in [0.05, 0.1) is 0 Å². The van der Waals surface area contributed by atoms with Crippen molar-refractivity contribution in [3.05, 3.63) is 41.2 Å². The van der Waals surface area contributed by atoms with E-state index in [-0.39, 0.29) is 0 Å². The molecule has 0 N–H and O–H groups in total. The van der Waals surface area contributed by atoms with Crippen LogP contribution >= 0.6 is 0 Å². The summed E-state index contributed by atoms with van der Waals surface area (Å²) in [6, 6.07) is 5.96. The molecule has 0 fully saturated rings. The van der Waals surface area contributed by atoms with Gasteiger partial charge in [-0.2, -0.15) is 0 Å². The third-order valence-corrected chi connectivity index (χ3v) is 2.09. The summed E-state index contributed by atoms with van der Waals surface area (Å²) < 4.78 is 0. The number of hydrogen-bond donors (Lipinski definition) is 0. The molecule has 1 heterocycles. The highest BCUT2D eigenvalue weighted by molar-refractivity contribution is 5.02. The number of aryl methyl sites for hydroxylation is 1. The van der Waals surface area contributed by atoms with E-state index in [4.69, 9.17) is 0 Å². The van der Waals surface area contributed by atoms with Crippen molar-refractivity contribution in [3.8, 4) is 0 Å². The number of allylic oxidation sites excluding steroid dienone is 2. The lowest BCUT2D eigenvalue weighted by Crippen LogP contribution is -1.81. The van der Waals surface area contributed by atoms with Crippen LogP contribution in [0.15, 0.2) is 35.5 Å². The molecule has 16 heavy (non-hydrogen) atoms. The average Bonchev–Trinajstić information content (AvgIpc) is 2.33. The Hall–Kier alpha value is -1.11. The van der Waals surface area contributed by atoms with E-state index in [0.29, 0.717) is 0 Å². The topological polar surface area (TPSA) is 12.9 Å². The van der Waals surface area contributed by atoms with Crippen LogP contribution in [-0.2, 0) is 6.42 Å². The van der Waals surface area contributed by atoms with E-state index in [0.717, 1.165) is 12.1 Å². The molecule has 0 bridgehead atoms. The van der Waals surface area contributed by atoms with Crippen LogP contribution in [0.4, 0.5) is 0 Å². The third kappa shape index (κ3) is 11.0. The Morgan fingerprint density at radius 1 is 1.00 bits per heavy atom. The molecular formula is C15H27N. The van der Waals surface area contributed by atoms with E-state index >= 15 is 0 Å². The maximum absolute atomic E-state index is 4.10. The van der Waals surface area contributed by atoms with E-state index in [1.54, 1.807) is 0 Å². The first kappa shape index (κ1) is 17.3. The van der Waals surface area contributed by atoms with Crippen LogP contribution in [0.25, 0.3) is 0 Å². The second-order valence-electron chi connectivity index (χ2n) is 3.67. The van der Waals surface area contributed by atoms with Crippen molar-refractivity contribution in [3.63, 3.8) is 0 Å². The zero-order valence-corrected chi connectivity index (χ0v) is 12.0. The Balaban J connectivity index is 0. The van der Waals surface area contributed by atoms with Gasteiger partial charge in [0.15, 0.2) is 0 Å². The van der Waals surface area contributed by atoms with Crippen molar-refractivity contribution in [2.75, 3.05) is 0 Å². The third-order valence-electron chi connectivity index (χ3n) is 2.09. The second kappa shape index (κ2) is 12.0. The minimum Gasteiger partial charge on any atom is -0.261 e. The van der Waals surface area contributed by atoms with E-state index in [1.165, 1.54) is 11.1 Å². The zero-order valence-electron chi connectivity index (χ0n) is 12.0. The summed E-state index contributed by atoms with van der Waals surface area (Å²) in [6.07, 6.45) is 2.85. The molecule has 0 unspecified atom stereocenters. The van der Waals surface area contributed by atoms with Crippen LogP contribution in [0.2, 0.25) is 0 Å². The van der Waals surface area contributed by atoms with E-state index in [9.17, 15) is 0 Å². The highest BCUT2D eigenvalue weighted by Gasteiger charge is 1.81. The van der Waals surface area contributed by atoms with Gasteiger partial charge in [0, 0.05) is 11.9 Å². The van der Waals surface area contributed by atoms with E-state index < -0.39 is 0 Å². The Labute approximate surface area is 102 Å². The number of aromatic nitrogens is 1. The molecule has 0 aliphatic heterocycles. The molecule has 0 aliphatic rings. The molecular weight excluding hydrogens is 194 g/mol.